The first-order valence-electron chi connectivity index (χ1n) is 10.0. The van der Waals surface area contributed by atoms with Gasteiger partial charge in [0.1, 0.15) is 0 Å². The molecule has 0 N–H and O–H groups in total. The molecule has 148 valence electrons. The van der Waals surface area contributed by atoms with Crippen LogP contribution in [0.2, 0.25) is 0 Å². The van der Waals surface area contributed by atoms with Gasteiger partial charge in [0.25, 0.3) is 5.91 Å². The molecule has 1 aliphatic heterocycles. The zero-order valence-corrected chi connectivity index (χ0v) is 17.3. The summed E-state index contributed by atoms with van der Waals surface area (Å²) >= 11 is 1.47. The van der Waals surface area contributed by atoms with Crippen molar-refractivity contribution in [1.82, 2.24) is 9.80 Å². The molecule has 0 spiro atoms. The number of hydrogen-bond acceptors (Lipinski definition) is 3. The molecule has 1 aliphatic rings. The minimum absolute atomic E-state index is 0.0372. The van der Waals surface area contributed by atoms with Crippen molar-refractivity contribution in [3.63, 3.8) is 0 Å². The van der Waals surface area contributed by atoms with Crippen LogP contribution in [-0.4, -0.2) is 53.5 Å². The van der Waals surface area contributed by atoms with Gasteiger partial charge in [0.2, 0.25) is 5.91 Å². The van der Waals surface area contributed by atoms with Crippen LogP contribution >= 0.6 is 11.8 Å². The van der Waals surface area contributed by atoms with E-state index < -0.39 is 0 Å². The van der Waals surface area contributed by atoms with Gasteiger partial charge in [0, 0.05) is 31.1 Å². The van der Waals surface area contributed by atoms with Gasteiger partial charge in [-0.15, -0.1) is 11.8 Å². The lowest BCUT2D eigenvalue weighted by Crippen LogP contribution is -2.33. The van der Waals surface area contributed by atoms with Gasteiger partial charge in [0.05, 0.1) is 11.3 Å². The van der Waals surface area contributed by atoms with Crippen LogP contribution in [0.5, 0.6) is 0 Å². The normalized spacial score (nSPS) is 13.5. The number of carbonyl (C=O) groups excluding carboxylic acids is 2. The summed E-state index contributed by atoms with van der Waals surface area (Å²) in [7, 11) is 0. The van der Waals surface area contributed by atoms with Crippen LogP contribution in [-0.2, 0) is 11.2 Å². The fourth-order valence-corrected chi connectivity index (χ4v) is 4.40. The van der Waals surface area contributed by atoms with Crippen molar-refractivity contribution < 1.29 is 9.59 Å². The number of nitrogens with zero attached hydrogens (tertiary/aromatic N) is 2. The average molecular weight is 397 g/mol. The quantitative estimate of drug-likeness (QED) is 0.631. The standard InChI is InChI=1S/C23H28N2O2S/c1-2-24(17-14-19-10-4-3-5-11-19)23(27)20-12-6-7-13-21(20)28-18-22(26)25-15-8-9-16-25/h3-7,10-13H,2,8-9,14-18H2,1H3. The number of thioether (sulfide) groups is 1. The van der Waals surface area contributed by atoms with Crippen LogP contribution in [0.25, 0.3) is 0 Å². The zero-order valence-electron chi connectivity index (χ0n) is 16.5. The van der Waals surface area contributed by atoms with Crippen molar-refractivity contribution in [2.75, 3.05) is 31.9 Å². The van der Waals surface area contributed by atoms with Crippen molar-refractivity contribution in [1.29, 1.82) is 0 Å². The molecular formula is C23H28N2O2S. The number of rotatable bonds is 8. The van der Waals surface area contributed by atoms with E-state index in [1.54, 1.807) is 0 Å². The second kappa shape index (κ2) is 10.3. The van der Waals surface area contributed by atoms with E-state index in [1.165, 1.54) is 17.3 Å². The SMILES string of the molecule is CCN(CCc1ccccc1)C(=O)c1ccccc1SCC(=O)N1CCCC1. The van der Waals surface area contributed by atoms with Gasteiger partial charge in [-0.25, -0.2) is 0 Å². The van der Waals surface area contributed by atoms with Gasteiger partial charge in [-0.05, 0) is 43.9 Å². The summed E-state index contributed by atoms with van der Waals surface area (Å²) < 4.78 is 0. The predicted octanol–water partition coefficient (Wildman–Crippen LogP) is 4.11. The van der Waals surface area contributed by atoms with Crippen LogP contribution in [0.1, 0.15) is 35.7 Å². The highest BCUT2D eigenvalue weighted by atomic mass is 32.2. The molecular weight excluding hydrogens is 368 g/mol. The number of benzene rings is 2. The Bertz CT molecular complexity index is 788. The Morgan fingerprint density at radius 1 is 1.00 bits per heavy atom. The maximum absolute atomic E-state index is 13.1. The average Bonchev–Trinajstić information content (AvgIpc) is 3.28. The van der Waals surface area contributed by atoms with Crippen LogP contribution in [0.15, 0.2) is 59.5 Å². The molecule has 1 fully saturated rings. The molecule has 0 aromatic heterocycles. The first-order chi connectivity index (χ1) is 13.7. The molecule has 2 aromatic carbocycles. The second-order valence-electron chi connectivity index (χ2n) is 6.99. The van der Waals surface area contributed by atoms with Gasteiger partial charge in [-0.1, -0.05) is 42.5 Å². The molecule has 0 radical (unpaired) electrons. The van der Waals surface area contributed by atoms with Crippen molar-refractivity contribution in [3.05, 3.63) is 65.7 Å². The Kier molecular flexibility index (Phi) is 7.54. The first kappa shape index (κ1) is 20.5. The van der Waals surface area contributed by atoms with Crippen molar-refractivity contribution in [3.8, 4) is 0 Å². The third-order valence-corrected chi connectivity index (χ3v) is 6.17. The van der Waals surface area contributed by atoms with Crippen molar-refractivity contribution in [2.24, 2.45) is 0 Å². The molecule has 0 saturated carbocycles. The number of likely N-dealkylation sites (tertiary alicyclic amines) is 1. The summed E-state index contributed by atoms with van der Waals surface area (Å²) in [6.45, 7) is 5.09. The largest absolute Gasteiger partial charge is 0.342 e. The Hall–Kier alpha value is -2.27. The van der Waals surface area contributed by atoms with E-state index >= 15 is 0 Å². The van der Waals surface area contributed by atoms with E-state index in [1.807, 2.05) is 59.2 Å². The van der Waals surface area contributed by atoms with E-state index in [2.05, 4.69) is 12.1 Å². The molecule has 1 heterocycles. The smallest absolute Gasteiger partial charge is 0.254 e. The Labute approximate surface area is 171 Å². The van der Waals surface area contributed by atoms with Gasteiger partial charge in [-0.2, -0.15) is 0 Å². The highest BCUT2D eigenvalue weighted by Gasteiger charge is 2.21. The van der Waals surface area contributed by atoms with Crippen LogP contribution in [0.4, 0.5) is 0 Å². The van der Waals surface area contributed by atoms with Crippen LogP contribution in [0, 0.1) is 0 Å². The van der Waals surface area contributed by atoms with E-state index in [4.69, 9.17) is 0 Å². The molecule has 1 saturated heterocycles. The summed E-state index contributed by atoms with van der Waals surface area (Å²) in [5.41, 5.74) is 1.92. The molecule has 2 aromatic rings. The zero-order chi connectivity index (χ0) is 19.8. The molecule has 28 heavy (non-hydrogen) atoms. The molecule has 0 bridgehead atoms. The lowest BCUT2D eigenvalue weighted by atomic mass is 10.1. The molecule has 0 unspecified atom stereocenters. The van der Waals surface area contributed by atoms with Gasteiger partial charge < -0.3 is 9.80 Å². The van der Waals surface area contributed by atoms with Crippen LogP contribution < -0.4 is 0 Å². The summed E-state index contributed by atoms with van der Waals surface area (Å²) in [6, 6.07) is 17.9. The fraction of sp³-hybridized carbons (Fsp3) is 0.391. The maximum Gasteiger partial charge on any atom is 0.254 e. The topological polar surface area (TPSA) is 40.6 Å². The molecule has 2 amide bonds. The number of carbonyl (C=O) groups is 2. The fourth-order valence-electron chi connectivity index (χ4n) is 3.45. The van der Waals surface area contributed by atoms with Crippen molar-refractivity contribution >= 4 is 23.6 Å². The number of amides is 2. The van der Waals surface area contributed by atoms with Gasteiger partial charge in [0.15, 0.2) is 0 Å². The lowest BCUT2D eigenvalue weighted by Gasteiger charge is -2.22. The van der Waals surface area contributed by atoms with E-state index in [0.717, 1.165) is 37.2 Å². The minimum atomic E-state index is 0.0372. The molecule has 3 rings (SSSR count). The summed E-state index contributed by atoms with van der Waals surface area (Å²) in [6.07, 6.45) is 3.03. The van der Waals surface area contributed by atoms with E-state index in [0.29, 0.717) is 24.4 Å². The molecule has 0 atom stereocenters. The minimum Gasteiger partial charge on any atom is -0.342 e. The summed E-state index contributed by atoms with van der Waals surface area (Å²) in [5.74, 6) is 0.594. The third-order valence-electron chi connectivity index (χ3n) is 5.11. The summed E-state index contributed by atoms with van der Waals surface area (Å²) in [5, 5.41) is 0. The monoisotopic (exact) mass is 396 g/mol. The van der Waals surface area contributed by atoms with E-state index in [-0.39, 0.29) is 11.8 Å². The molecule has 5 heteroatoms. The second-order valence-corrected chi connectivity index (χ2v) is 8.01. The highest BCUT2D eigenvalue weighted by Crippen LogP contribution is 2.25. The lowest BCUT2D eigenvalue weighted by molar-refractivity contribution is -0.127. The van der Waals surface area contributed by atoms with Gasteiger partial charge >= 0.3 is 0 Å². The Morgan fingerprint density at radius 2 is 1.68 bits per heavy atom. The third kappa shape index (κ3) is 5.38. The maximum atomic E-state index is 13.1. The van der Waals surface area contributed by atoms with Crippen molar-refractivity contribution in [2.45, 2.75) is 31.1 Å². The van der Waals surface area contributed by atoms with Crippen LogP contribution in [0.3, 0.4) is 0 Å². The van der Waals surface area contributed by atoms with Gasteiger partial charge in [-0.3, -0.25) is 9.59 Å². The predicted molar refractivity (Wildman–Crippen MR) is 115 cm³/mol. The first-order valence-corrected chi connectivity index (χ1v) is 11.0. The molecule has 4 nitrogen and oxygen atoms in total. The Balaban J connectivity index is 1.63. The highest BCUT2D eigenvalue weighted by molar-refractivity contribution is 8.00. The number of likely N-dealkylation sites (N-methyl/N-ethyl adjacent to an activating group) is 1. The molecule has 0 aliphatic carbocycles. The van der Waals surface area contributed by atoms with E-state index in [9.17, 15) is 9.59 Å². The summed E-state index contributed by atoms with van der Waals surface area (Å²) in [4.78, 5) is 30.2. The number of hydrogen-bond donors (Lipinski definition) is 0. The Morgan fingerprint density at radius 3 is 2.39 bits per heavy atom.